The van der Waals surface area contributed by atoms with Gasteiger partial charge in [-0.05, 0) is 55.5 Å². The maximum absolute atomic E-state index is 11.9. The molecular formula is C22H22N6O2. The lowest BCUT2D eigenvalue weighted by atomic mass is 10.1. The fourth-order valence-electron chi connectivity index (χ4n) is 3.40. The zero-order chi connectivity index (χ0) is 20.9. The predicted molar refractivity (Wildman–Crippen MR) is 113 cm³/mol. The first-order valence-electron chi connectivity index (χ1n) is 9.90. The number of piperazine rings is 1. The molecule has 1 aromatic heterocycles. The van der Waals surface area contributed by atoms with E-state index in [1.54, 1.807) is 24.3 Å². The Morgan fingerprint density at radius 2 is 1.73 bits per heavy atom. The molecule has 8 nitrogen and oxygen atoms in total. The summed E-state index contributed by atoms with van der Waals surface area (Å²) >= 11 is 0. The summed E-state index contributed by atoms with van der Waals surface area (Å²) in [6.07, 6.45) is 0. The average molecular weight is 402 g/mol. The van der Waals surface area contributed by atoms with Gasteiger partial charge in [0.25, 0.3) is 5.89 Å². The van der Waals surface area contributed by atoms with Crippen molar-refractivity contribution in [2.45, 2.75) is 6.92 Å². The van der Waals surface area contributed by atoms with Gasteiger partial charge in [-0.3, -0.25) is 0 Å². The number of nitrogens with one attached hydrogen (secondary N) is 1. The zero-order valence-corrected chi connectivity index (χ0v) is 16.7. The van der Waals surface area contributed by atoms with Crippen LogP contribution in [0.4, 0.5) is 10.5 Å². The van der Waals surface area contributed by atoms with E-state index in [1.165, 1.54) is 0 Å². The van der Waals surface area contributed by atoms with E-state index < -0.39 is 0 Å². The van der Waals surface area contributed by atoms with Crippen LogP contribution < -0.4 is 10.2 Å². The Kier molecular flexibility index (Phi) is 5.61. The second-order valence-electron chi connectivity index (χ2n) is 6.97. The highest BCUT2D eigenvalue weighted by Crippen LogP contribution is 2.25. The van der Waals surface area contributed by atoms with E-state index in [2.05, 4.69) is 26.4 Å². The number of aromatic nitrogens is 2. The van der Waals surface area contributed by atoms with Crippen molar-refractivity contribution in [3.63, 3.8) is 0 Å². The number of amides is 2. The fraction of sp³-hybridized carbons (Fsp3) is 0.273. The van der Waals surface area contributed by atoms with Crippen LogP contribution in [-0.2, 0) is 0 Å². The number of benzene rings is 2. The Bertz CT molecular complexity index is 1040. The Morgan fingerprint density at radius 1 is 1.07 bits per heavy atom. The number of rotatable bonds is 4. The molecule has 30 heavy (non-hydrogen) atoms. The van der Waals surface area contributed by atoms with E-state index in [0.717, 1.165) is 29.9 Å². The summed E-state index contributed by atoms with van der Waals surface area (Å²) in [6, 6.07) is 17.1. The molecule has 1 fully saturated rings. The number of hydrogen-bond acceptors (Lipinski definition) is 6. The van der Waals surface area contributed by atoms with Gasteiger partial charge in [-0.2, -0.15) is 10.2 Å². The molecule has 2 aromatic carbocycles. The minimum absolute atomic E-state index is 0.00247. The van der Waals surface area contributed by atoms with E-state index in [9.17, 15) is 4.79 Å². The molecule has 4 rings (SSSR count). The van der Waals surface area contributed by atoms with Crippen molar-refractivity contribution in [2.75, 3.05) is 37.6 Å². The topological polar surface area (TPSA) is 98.3 Å². The van der Waals surface area contributed by atoms with Crippen molar-refractivity contribution in [3.05, 3.63) is 54.1 Å². The van der Waals surface area contributed by atoms with Gasteiger partial charge in [0.1, 0.15) is 0 Å². The first kappa shape index (κ1) is 19.5. The minimum Gasteiger partial charge on any atom is -0.368 e. The van der Waals surface area contributed by atoms with Gasteiger partial charge in [-0.1, -0.05) is 5.16 Å². The van der Waals surface area contributed by atoms with Gasteiger partial charge in [0.2, 0.25) is 5.82 Å². The molecule has 0 spiro atoms. The van der Waals surface area contributed by atoms with Gasteiger partial charge in [0.05, 0.1) is 11.6 Å². The van der Waals surface area contributed by atoms with Crippen LogP contribution in [0.25, 0.3) is 22.8 Å². The molecule has 0 aliphatic carbocycles. The Hall–Kier alpha value is -3.86. The molecule has 1 aliphatic rings. The SMILES string of the molecule is CCNC(=O)N1CCN(c2ccc(-c3noc(-c4ccc(C#N)cc4)n3)cc2)CC1. The lowest BCUT2D eigenvalue weighted by molar-refractivity contribution is 0.195. The van der Waals surface area contributed by atoms with Crippen LogP contribution in [0.1, 0.15) is 12.5 Å². The highest BCUT2D eigenvalue weighted by molar-refractivity contribution is 5.74. The summed E-state index contributed by atoms with van der Waals surface area (Å²) in [5.41, 5.74) is 3.32. The van der Waals surface area contributed by atoms with Gasteiger partial charge in [-0.15, -0.1) is 0 Å². The fourth-order valence-corrected chi connectivity index (χ4v) is 3.40. The van der Waals surface area contributed by atoms with Gasteiger partial charge >= 0.3 is 6.03 Å². The minimum atomic E-state index is 0.00247. The lowest BCUT2D eigenvalue weighted by Gasteiger charge is -2.36. The molecule has 2 amide bonds. The summed E-state index contributed by atoms with van der Waals surface area (Å²) in [6.45, 7) is 5.55. The van der Waals surface area contributed by atoms with E-state index in [4.69, 9.17) is 9.78 Å². The molecule has 8 heteroatoms. The van der Waals surface area contributed by atoms with Crippen molar-refractivity contribution in [3.8, 4) is 28.9 Å². The van der Waals surface area contributed by atoms with Crippen LogP contribution in [0.3, 0.4) is 0 Å². The highest BCUT2D eigenvalue weighted by Gasteiger charge is 2.21. The van der Waals surface area contributed by atoms with Gasteiger partial charge in [-0.25, -0.2) is 4.79 Å². The third-order valence-electron chi connectivity index (χ3n) is 5.07. The highest BCUT2D eigenvalue weighted by atomic mass is 16.5. The van der Waals surface area contributed by atoms with Gasteiger partial charge in [0.15, 0.2) is 0 Å². The number of urea groups is 1. The number of carbonyl (C=O) groups is 1. The summed E-state index contributed by atoms with van der Waals surface area (Å²) in [5, 5.41) is 15.8. The summed E-state index contributed by atoms with van der Waals surface area (Å²) in [5.74, 6) is 0.932. The van der Waals surface area contributed by atoms with Crippen molar-refractivity contribution < 1.29 is 9.32 Å². The monoisotopic (exact) mass is 402 g/mol. The van der Waals surface area contributed by atoms with Crippen molar-refractivity contribution >= 4 is 11.7 Å². The van der Waals surface area contributed by atoms with Crippen LogP contribution in [0, 0.1) is 11.3 Å². The number of nitrogens with zero attached hydrogens (tertiary/aromatic N) is 5. The normalized spacial score (nSPS) is 13.7. The summed E-state index contributed by atoms with van der Waals surface area (Å²) in [7, 11) is 0. The Morgan fingerprint density at radius 3 is 2.37 bits per heavy atom. The van der Waals surface area contributed by atoms with Crippen molar-refractivity contribution in [2.24, 2.45) is 0 Å². The second-order valence-corrected chi connectivity index (χ2v) is 6.97. The maximum atomic E-state index is 11.9. The van der Waals surface area contributed by atoms with Crippen LogP contribution in [-0.4, -0.2) is 53.8 Å². The van der Waals surface area contributed by atoms with Crippen molar-refractivity contribution in [1.29, 1.82) is 5.26 Å². The average Bonchev–Trinajstić information content (AvgIpc) is 3.30. The third-order valence-corrected chi connectivity index (χ3v) is 5.07. The Balaban J connectivity index is 1.41. The number of anilines is 1. The molecule has 0 atom stereocenters. The summed E-state index contributed by atoms with van der Waals surface area (Å²) in [4.78, 5) is 20.5. The molecule has 0 bridgehead atoms. The Labute approximate surface area is 174 Å². The molecule has 0 saturated carbocycles. The largest absolute Gasteiger partial charge is 0.368 e. The van der Waals surface area contributed by atoms with E-state index in [1.807, 2.05) is 36.1 Å². The number of hydrogen-bond donors (Lipinski definition) is 1. The molecule has 1 saturated heterocycles. The van der Waals surface area contributed by atoms with Gasteiger partial charge in [0, 0.05) is 49.5 Å². The molecule has 2 heterocycles. The van der Waals surface area contributed by atoms with E-state index >= 15 is 0 Å². The third kappa shape index (κ3) is 4.10. The van der Waals surface area contributed by atoms with Crippen LogP contribution in [0.2, 0.25) is 0 Å². The number of carbonyl (C=O) groups excluding carboxylic acids is 1. The molecule has 1 aliphatic heterocycles. The first-order valence-corrected chi connectivity index (χ1v) is 9.90. The molecule has 1 N–H and O–H groups in total. The van der Waals surface area contributed by atoms with Crippen molar-refractivity contribution in [1.82, 2.24) is 20.4 Å². The van der Waals surface area contributed by atoms with E-state index in [-0.39, 0.29) is 6.03 Å². The van der Waals surface area contributed by atoms with Crippen LogP contribution in [0.15, 0.2) is 53.1 Å². The molecular weight excluding hydrogens is 380 g/mol. The lowest BCUT2D eigenvalue weighted by Crippen LogP contribution is -2.51. The maximum Gasteiger partial charge on any atom is 0.317 e. The van der Waals surface area contributed by atoms with Crippen LogP contribution >= 0.6 is 0 Å². The smallest absolute Gasteiger partial charge is 0.317 e. The first-order chi connectivity index (χ1) is 14.7. The quantitative estimate of drug-likeness (QED) is 0.720. The van der Waals surface area contributed by atoms with E-state index in [0.29, 0.717) is 36.9 Å². The molecule has 3 aromatic rings. The molecule has 0 unspecified atom stereocenters. The molecule has 0 radical (unpaired) electrons. The standard InChI is InChI=1S/C22H22N6O2/c1-2-24-22(29)28-13-11-27(12-14-28)19-9-7-17(8-10-19)20-25-21(30-26-20)18-5-3-16(15-23)4-6-18/h3-10H,2,11-14H2,1H3,(H,24,29). The zero-order valence-electron chi connectivity index (χ0n) is 16.7. The molecule has 152 valence electrons. The predicted octanol–water partition coefficient (Wildman–Crippen LogP) is 3.13. The second kappa shape index (κ2) is 8.66. The van der Waals surface area contributed by atoms with Gasteiger partial charge < -0.3 is 19.6 Å². The van der Waals surface area contributed by atoms with Crippen LogP contribution in [0.5, 0.6) is 0 Å². The number of nitriles is 1. The summed E-state index contributed by atoms with van der Waals surface area (Å²) < 4.78 is 5.38.